The van der Waals surface area contributed by atoms with Crippen LogP contribution in [0.25, 0.3) is 16.8 Å². The summed E-state index contributed by atoms with van der Waals surface area (Å²) in [6, 6.07) is 8.34. The van der Waals surface area contributed by atoms with Crippen molar-refractivity contribution in [2.24, 2.45) is 0 Å². The number of piperidine rings is 1. The van der Waals surface area contributed by atoms with Crippen molar-refractivity contribution in [3.63, 3.8) is 0 Å². The fourth-order valence-corrected chi connectivity index (χ4v) is 8.07. The normalized spacial score (nSPS) is 20.0. The van der Waals surface area contributed by atoms with Crippen LogP contribution < -0.4 is 4.90 Å². The molecule has 3 aromatic rings. The molecule has 13 heteroatoms. The molecule has 5 rings (SSSR count). The molecule has 0 spiro atoms. The first-order valence-corrected chi connectivity index (χ1v) is 25.2. The molecule has 2 aliphatic heterocycles. The van der Waals surface area contributed by atoms with Crippen LogP contribution in [0.5, 0.6) is 0 Å². The van der Waals surface area contributed by atoms with Gasteiger partial charge < -0.3 is 24.0 Å². The third-order valence-electron chi connectivity index (χ3n) is 9.08. The minimum atomic E-state index is -1.26. The van der Waals surface area contributed by atoms with E-state index in [-0.39, 0.29) is 24.1 Å². The zero-order valence-electron chi connectivity index (χ0n) is 30.4. The van der Waals surface area contributed by atoms with Gasteiger partial charge in [0.05, 0.1) is 6.20 Å². The van der Waals surface area contributed by atoms with Crippen molar-refractivity contribution in [1.82, 2.24) is 24.5 Å². The number of amides is 1. The molecule has 2 bridgehead atoms. The molecule has 48 heavy (non-hydrogen) atoms. The van der Waals surface area contributed by atoms with Crippen molar-refractivity contribution in [2.45, 2.75) is 121 Å². The predicted molar refractivity (Wildman–Crippen MR) is 199 cm³/mol. The van der Waals surface area contributed by atoms with Gasteiger partial charge in [-0.25, -0.2) is 14.8 Å². The van der Waals surface area contributed by atoms with Gasteiger partial charge in [0.15, 0.2) is 5.65 Å². The fourth-order valence-electron chi connectivity index (χ4n) is 6.45. The molecular weight excluding hydrogens is 660 g/mol. The number of carbonyl (C=O) groups excluding carboxylic acids is 1. The molecule has 5 heterocycles. The number of fused-ring (bicyclic) bond motifs is 3. The second-order valence-corrected chi connectivity index (χ2v) is 28.5. The quantitative estimate of drug-likeness (QED) is 0.0753. The van der Waals surface area contributed by atoms with Crippen LogP contribution in [0.1, 0.15) is 58.1 Å². The van der Waals surface area contributed by atoms with E-state index in [1.807, 2.05) is 42.4 Å². The number of nitrogens with zero attached hydrogens (tertiary/aromatic N) is 6. The standard InChI is InChI=1S/C35H55ClN6O4Si2/c1-35(2,3)46-34(43)41-27-11-12-28(41)19-26(18-27)30-20-32(42-33(39-30)29(22-38-42)25-10-13-31(36)37-21-25)40(23-44-14-16-47(4,5)6)24-45-15-17-48(7,8)9/h10,13,20-22,26-28H,11-12,14-19,23-24H2,1-9H3/t26?,27-,28?/m0/s1. The first-order chi connectivity index (χ1) is 22.5. The van der Waals surface area contributed by atoms with Crippen LogP contribution in [0.2, 0.25) is 56.5 Å². The summed E-state index contributed by atoms with van der Waals surface area (Å²) in [4.78, 5) is 27.0. The Balaban J connectivity index is 1.50. The van der Waals surface area contributed by atoms with E-state index < -0.39 is 21.7 Å². The molecule has 2 fully saturated rings. The Morgan fingerprint density at radius 3 is 2.08 bits per heavy atom. The number of carbonyl (C=O) groups is 1. The van der Waals surface area contributed by atoms with E-state index in [1.54, 1.807) is 12.3 Å². The van der Waals surface area contributed by atoms with Gasteiger partial charge in [-0.15, -0.1) is 0 Å². The van der Waals surface area contributed by atoms with Crippen LogP contribution in [-0.4, -0.2) is 91.1 Å². The largest absolute Gasteiger partial charge is 0.444 e. The van der Waals surface area contributed by atoms with Gasteiger partial charge in [-0.05, 0) is 70.7 Å². The summed E-state index contributed by atoms with van der Waals surface area (Å²) in [5, 5.41) is 5.29. The molecular formula is C35H55ClN6O4Si2. The van der Waals surface area contributed by atoms with Crippen molar-refractivity contribution in [1.29, 1.82) is 0 Å². The smallest absolute Gasteiger partial charge is 0.410 e. The summed E-state index contributed by atoms with van der Waals surface area (Å²) in [7, 11) is -2.52. The Hall–Kier alpha value is -2.52. The van der Waals surface area contributed by atoms with Gasteiger partial charge in [-0.3, -0.25) is 0 Å². The van der Waals surface area contributed by atoms with Gasteiger partial charge in [0.2, 0.25) is 0 Å². The number of halogens is 1. The summed E-state index contributed by atoms with van der Waals surface area (Å²) >= 11 is 6.15. The molecule has 0 saturated carbocycles. The third-order valence-corrected chi connectivity index (χ3v) is 12.7. The Labute approximate surface area is 293 Å². The zero-order valence-corrected chi connectivity index (χ0v) is 33.1. The summed E-state index contributed by atoms with van der Waals surface area (Å²) in [6.45, 7) is 22.1. The highest BCUT2D eigenvalue weighted by molar-refractivity contribution is 6.76. The summed E-state index contributed by atoms with van der Waals surface area (Å²) in [5.74, 6) is 1.06. The van der Waals surface area contributed by atoms with Gasteiger partial charge in [-0.1, -0.05) is 50.9 Å². The van der Waals surface area contributed by atoms with Crippen LogP contribution in [-0.2, 0) is 14.2 Å². The van der Waals surface area contributed by atoms with Crippen molar-refractivity contribution < 1.29 is 19.0 Å². The lowest BCUT2D eigenvalue weighted by atomic mass is 9.88. The molecule has 0 N–H and O–H groups in total. The molecule has 2 aliphatic rings. The molecule has 3 aromatic heterocycles. The minimum Gasteiger partial charge on any atom is -0.444 e. The SMILES string of the molecule is CC(C)(C)OC(=O)N1C2CC[C@H]1CC(c1cc(N(COCC[Si](C)(C)C)COCC[Si](C)(C)C)n3ncc(-c4ccc(Cl)nc4)c3n1)C2. The van der Waals surface area contributed by atoms with Crippen molar-refractivity contribution >= 4 is 45.3 Å². The van der Waals surface area contributed by atoms with Crippen molar-refractivity contribution in [2.75, 3.05) is 31.6 Å². The highest BCUT2D eigenvalue weighted by atomic mass is 35.5. The maximum Gasteiger partial charge on any atom is 0.410 e. The van der Waals surface area contributed by atoms with Crippen LogP contribution >= 0.6 is 11.6 Å². The average molecular weight is 715 g/mol. The number of aromatic nitrogens is 4. The van der Waals surface area contributed by atoms with Gasteiger partial charge in [0.1, 0.15) is 30.0 Å². The Bertz CT molecular complexity index is 1510. The highest BCUT2D eigenvalue weighted by Crippen LogP contribution is 2.44. The van der Waals surface area contributed by atoms with E-state index in [1.165, 1.54) is 0 Å². The summed E-state index contributed by atoms with van der Waals surface area (Å²) in [5.41, 5.74) is 3.00. The number of hydrogen-bond acceptors (Lipinski definition) is 8. The first-order valence-electron chi connectivity index (χ1n) is 17.4. The van der Waals surface area contributed by atoms with E-state index >= 15 is 0 Å². The van der Waals surface area contributed by atoms with E-state index in [9.17, 15) is 4.79 Å². The number of pyridine rings is 1. The zero-order chi connectivity index (χ0) is 34.9. The van der Waals surface area contributed by atoms with Gasteiger partial charge in [-0.2, -0.15) is 9.61 Å². The molecule has 0 aliphatic carbocycles. The van der Waals surface area contributed by atoms with Gasteiger partial charge in [0, 0.05) is 76.4 Å². The second-order valence-electron chi connectivity index (χ2n) is 16.9. The maximum atomic E-state index is 13.2. The minimum absolute atomic E-state index is 0.126. The molecule has 2 unspecified atom stereocenters. The second kappa shape index (κ2) is 14.8. The molecule has 2 saturated heterocycles. The number of ether oxygens (including phenoxy) is 3. The van der Waals surface area contributed by atoms with Crippen LogP contribution in [0, 0.1) is 0 Å². The Kier molecular flexibility index (Phi) is 11.3. The summed E-state index contributed by atoms with van der Waals surface area (Å²) < 4.78 is 20.4. The molecule has 10 nitrogen and oxygen atoms in total. The van der Waals surface area contributed by atoms with E-state index in [2.05, 4.69) is 55.2 Å². The van der Waals surface area contributed by atoms with Crippen molar-refractivity contribution in [3.8, 4) is 11.1 Å². The topological polar surface area (TPSA) is 94.3 Å². The van der Waals surface area contributed by atoms with Crippen LogP contribution in [0.15, 0.2) is 30.6 Å². The van der Waals surface area contributed by atoms with Crippen molar-refractivity contribution in [3.05, 3.63) is 41.4 Å². The van der Waals surface area contributed by atoms with Crippen LogP contribution in [0.3, 0.4) is 0 Å². The summed E-state index contributed by atoms with van der Waals surface area (Å²) in [6.07, 6.45) is 7.04. The average Bonchev–Trinajstić information content (AvgIpc) is 3.52. The Morgan fingerprint density at radius 2 is 1.56 bits per heavy atom. The monoisotopic (exact) mass is 714 g/mol. The van der Waals surface area contributed by atoms with E-state index in [4.69, 9.17) is 35.9 Å². The third kappa shape index (κ3) is 9.59. The first kappa shape index (κ1) is 36.8. The lowest BCUT2D eigenvalue weighted by molar-refractivity contribution is 0.00569. The fraction of sp³-hybridized carbons (Fsp3) is 0.657. The molecule has 1 amide bonds. The number of rotatable bonds is 13. The lowest BCUT2D eigenvalue weighted by Gasteiger charge is -2.39. The number of hydrogen-bond donors (Lipinski definition) is 0. The van der Waals surface area contributed by atoms with Gasteiger partial charge >= 0.3 is 6.09 Å². The predicted octanol–water partition coefficient (Wildman–Crippen LogP) is 8.52. The maximum absolute atomic E-state index is 13.2. The highest BCUT2D eigenvalue weighted by Gasteiger charge is 2.45. The van der Waals surface area contributed by atoms with Crippen LogP contribution in [0.4, 0.5) is 10.6 Å². The molecule has 0 radical (unpaired) electrons. The molecule has 0 aromatic carbocycles. The number of anilines is 1. The lowest BCUT2D eigenvalue weighted by Crippen LogP contribution is -2.48. The van der Waals surface area contributed by atoms with E-state index in [0.29, 0.717) is 31.8 Å². The molecule has 264 valence electrons. The van der Waals surface area contributed by atoms with E-state index in [0.717, 1.165) is 66.1 Å². The van der Waals surface area contributed by atoms with Gasteiger partial charge in [0.25, 0.3) is 0 Å². The Morgan fingerprint density at radius 1 is 0.958 bits per heavy atom. The molecule has 3 atom stereocenters.